The number of amides is 1. The lowest BCUT2D eigenvalue weighted by molar-refractivity contribution is 0.0962. The number of methoxy groups -OCH3 is 1. The number of carbonyl (C=O) groups is 1. The van der Waals surface area contributed by atoms with Crippen molar-refractivity contribution < 1.29 is 22.5 Å². The second-order valence-corrected chi connectivity index (χ2v) is 11.1. The van der Waals surface area contributed by atoms with E-state index in [1.165, 1.54) is 37.9 Å². The number of rotatable bonds is 5. The number of fused-ring (bicyclic) bond motifs is 4. The van der Waals surface area contributed by atoms with Crippen LogP contribution in [0.2, 0.25) is 0 Å². The standard InChI is InChI=1S/C23H22BrN3O5S/c1-12-10-23(12)11-16-20(15-9-14(24)5-6-17(15)23)32-26-21(16)27-33(29,30)19-7-4-13(22(28)25-2)8-18(19)31-3/h4-9,12H,10-11H2,1-3H3,(H,25,28)(H,26,27). The van der Waals surface area contributed by atoms with E-state index in [2.05, 4.69) is 44.1 Å². The van der Waals surface area contributed by atoms with Crippen molar-refractivity contribution in [3.05, 3.63) is 57.6 Å². The van der Waals surface area contributed by atoms with Gasteiger partial charge in [0.05, 0.1) is 7.11 Å². The minimum Gasteiger partial charge on any atom is -0.495 e. The molecule has 1 aromatic heterocycles. The third-order valence-corrected chi connectivity index (χ3v) is 8.54. The Labute approximate surface area is 199 Å². The normalized spacial score (nSPS) is 20.7. The lowest BCUT2D eigenvalue weighted by Gasteiger charge is -2.25. The number of benzene rings is 2. The molecule has 2 N–H and O–H groups in total. The highest BCUT2D eigenvalue weighted by atomic mass is 79.9. The molecule has 0 aliphatic heterocycles. The molecule has 1 fully saturated rings. The molecule has 1 heterocycles. The number of sulfonamides is 1. The highest BCUT2D eigenvalue weighted by Crippen LogP contribution is 2.62. The maximum absolute atomic E-state index is 13.3. The Balaban J connectivity index is 1.55. The molecule has 10 heteroatoms. The second kappa shape index (κ2) is 7.59. The molecule has 0 radical (unpaired) electrons. The molecule has 1 saturated carbocycles. The molecule has 2 atom stereocenters. The van der Waals surface area contributed by atoms with E-state index in [9.17, 15) is 13.2 Å². The number of anilines is 1. The molecule has 5 rings (SSSR count). The highest BCUT2D eigenvalue weighted by Gasteiger charge is 2.56. The summed E-state index contributed by atoms with van der Waals surface area (Å²) in [5, 5.41) is 6.59. The zero-order valence-electron chi connectivity index (χ0n) is 18.2. The van der Waals surface area contributed by atoms with Crippen LogP contribution in [0.5, 0.6) is 5.75 Å². The highest BCUT2D eigenvalue weighted by molar-refractivity contribution is 9.10. The van der Waals surface area contributed by atoms with Crippen LogP contribution < -0.4 is 14.8 Å². The van der Waals surface area contributed by atoms with E-state index < -0.39 is 10.0 Å². The van der Waals surface area contributed by atoms with Crippen molar-refractivity contribution in [3.8, 4) is 17.1 Å². The number of hydrogen-bond donors (Lipinski definition) is 2. The van der Waals surface area contributed by atoms with Crippen LogP contribution in [0.1, 0.15) is 34.8 Å². The van der Waals surface area contributed by atoms with Gasteiger partial charge in [-0.3, -0.25) is 9.52 Å². The molecule has 3 aromatic rings. The van der Waals surface area contributed by atoms with Gasteiger partial charge in [0, 0.05) is 33.6 Å². The van der Waals surface area contributed by atoms with Crippen LogP contribution in [0, 0.1) is 5.92 Å². The fraction of sp³-hybridized carbons (Fsp3) is 0.304. The minimum absolute atomic E-state index is 0.0400. The first-order valence-electron chi connectivity index (χ1n) is 10.4. The van der Waals surface area contributed by atoms with Crippen LogP contribution in [-0.2, 0) is 21.9 Å². The van der Waals surface area contributed by atoms with Crippen LogP contribution >= 0.6 is 15.9 Å². The van der Waals surface area contributed by atoms with Crippen LogP contribution in [0.3, 0.4) is 0 Å². The summed E-state index contributed by atoms with van der Waals surface area (Å²) in [7, 11) is -1.21. The Hall–Kier alpha value is -2.85. The molecule has 0 saturated heterocycles. The average molecular weight is 532 g/mol. The largest absolute Gasteiger partial charge is 0.495 e. The molecule has 172 valence electrons. The lowest BCUT2D eigenvalue weighted by atomic mass is 9.78. The van der Waals surface area contributed by atoms with E-state index in [4.69, 9.17) is 9.26 Å². The molecule has 2 aromatic carbocycles. The molecule has 1 amide bonds. The van der Waals surface area contributed by atoms with Gasteiger partial charge in [-0.05, 0) is 54.7 Å². The third-order valence-electron chi connectivity index (χ3n) is 6.67. The first-order chi connectivity index (χ1) is 15.7. The summed E-state index contributed by atoms with van der Waals surface area (Å²) in [5.74, 6) is 0.941. The van der Waals surface area contributed by atoms with Crippen molar-refractivity contribution in [3.63, 3.8) is 0 Å². The number of nitrogens with one attached hydrogen (secondary N) is 2. The third kappa shape index (κ3) is 3.43. The Morgan fingerprint density at radius 3 is 2.70 bits per heavy atom. The van der Waals surface area contributed by atoms with Gasteiger partial charge in [0.15, 0.2) is 11.6 Å². The lowest BCUT2D eigenvalue weighted by Crippen LogP contribution is -2.22. The quantitative estimate of drug-likeness (QED) is 0.512. The smallest absolute Gasteiger partial charge is 0.266 e. The van der Waals surface area contributed by atoms with Crippen molar-refractivity contribution in [2.24, 2.45) is 5.92 Å². The summed E-state index contributed by atoms with van der Waals surface area (Å²) in [5.41, 5.74) is 3.14. The van der Waals surface area contributed by atoms with Gasteiger partial charge < -0.3 is 14.6 Å². The maximum atomic E-state index is 13.3. The SMILES string of the molecule is CNC(=O)c1ccc(S(=O)(=O)Nc2noc3c2CC2(CC2C)c2ccc(Br)cc2-3)c(OC)c1. The van der Waals surface area contributed by atoms with E-state index in [1.807, 2.05) is 12.1 Å². The van der Waals surface area contributed by atoms with Gasteiger partial charge in [-0.15, -0.1) is 0 Å². The number of aromatic nitrogens is 1. The fourth-order valence-corrected chi connectivity index (χ4v) is 6.32. The number of carbonyl (C=O) groups excluding carboxylic acids is 1. The molecular weight excluding hydrogens is 510 g/mol. The fourth-order valence-electron chi connectivity index (χ4n) is 4.78. The number of hydrogen-bond acceptors (Lipinski definition) is 6. The van der Waals surface area contributed by atoms with Crippen molar-refractivity contribution in [1.82, 2.24) is 10.5 Å². The summed E-state index contributed by atoms with van der Waals surface area (Å²) in [4.78, 5) is 11.8. The number of halogens is 1. The van der Waals surface area contributed by atoms with Crippen LogP contribution in [0.4, 0.5) is 5.82 Å². The zero-order valence-corrected chi connectivity index (χ0v) is 20.6. The zero-order chi connectivity index (χ0) is 23.5. The Morgan fingerprint density at radius 1 is 1.27 bits per heavy atom. The average Bonchev–Trinajstić information content (AvgIpc) is 3.26. The Morgan fingerprint density at radius 2 is 2.03 bits per heavy atom. The van der Waals surface area contributed by atoms with Crippen LogP contribution in [0.25, 0.3) is 11.3 Å². The molecular formula is C23H22BrN3O5S. The summed E-state index contributed by atoms with van der Waals surface area (Å²) in [6.45, 7) is 2.20. The summed E-state index contributed by atoms with van der Waals surface area (Å²) >= 11 is 3.52. The van der Waals surface area contributed by atoms with Crippen molar-refractivity contribution in [1.29, 1.82) is 0 Å². The summed E-state index contributed by atoms with van der Waals surface area (Å²) in [6, 6.07) is 10.3. The van der Waals surface area contributed by atoms with E-state index in [0.29, 0.717) is 23.7 Å². The van der Waals surface area contributed by atoms with Gasteiger partial charge >= 0.3 is 0 Å². The van der Waals surface area contributed by atoms with Crippen molar-refractivity contribution >= 4 is 37.7 Å². The van der Waals surface area contributed by atoms with Crippen molar-refractivity contribution in [2.75, 3.05) is 18.9 Å². The number of nitrogens with zero attached hydrogens (tertiary/aromatic N) is 1. The topological polar surface area (TPSA) is 111 Å². The van der Waals surface area contributed by atoms with Crippen LogP contribution in [-0.4, -0.2) is 33.6 Å². The predicted molar refractivity (Wildman–Crippen MR) is 126 cm³/mol. The van der Waals surface area contributed by atoms with Gasteiger partial charge in [-0.2, -0.15) is 0 Å². The molecule has 0 bridgehead atoms. The van der Waals surface area contributed by atoms with E-state index in [1.54, 1.807) is 0 Å². The maximum Gasteiger partial charge on any atom is 0.266 e. The van der Waals surface area contributed by atoms with E-state index in [-0.39, 0.29) is 27.8 Å². The number of ether oxygens (including phenoxy) is 1. The van der Waals surface area contributed by atoms with Gasteiger partial charge in [0.25, 0.3) is 15.9 Å². The first-order valence-corrected chi connectivity index (χ1v) is 12.7. The second-order valence-electron chi connectivity index (χ2n) is 8.52. The van der Waals surface area contributed by atoms with Gasteiger partial charge in [-0.1, -0.05) is 34.1 Å². The van der Waals surface area contributed by atoms with Gasteiger partial charge in [0.1, 0.15) is 10.6 Å². The van der Waals surface area contributed by atoms with Gasteiger partial charge in [-0.25, -0.2) is 8.42 Å². The molecule has 2 aliphatic carbocycles. The minimum atomic E-state index is -4.06. The first kappa shape index (κ1) is 22.0. The molecule has 33 heavy (non-hydrogen) atoms. The van der Waals surface area contributed by atoms with Gasteiger partial charge in [0.2, 0.25) is 0 Å². The predicted octanol–water partition coefficient (Wildman–Crippen LogP) is 4.11. The summed E-state index contributed by atoms with van der Waals surface area (Å²) < 4.78 is 41.0. The Kier molecular flexibility index (Phi) is 5.06. The van der Waals surface area contributed by atoms with Crippen molar-refractivity contribution in [2.45, 2.75) is 30.1 Å². The van der Waals surface area contributed by atoms with E-state index in [0.717, 1.165) is 22.0 Å². The van der Waals surface area contributed by atoms with E-state index >= 15 is 0 Å². The van der Waals surface area contributed by atoms with Crippen LogP contribution in [0.15, 0.2) is 50.3 Å². The summed E-state index contributed by atoms with van der Waals surface area (Å²) in [6.07, 6.45) is 1.67. The molecule has 2 aliphatic rings. The molecule has 2 unspecified atom stereocenters. The Bertz CT molecular complexity index is 1400. The molecule has 8 nitrogen and oxygen atoms in total. The monoisotopic (exact) mass is 531 g/mol. The molecule has 1 spiro atoms.